The van der Waals surface area contributed by atoms with Gasteiger partial charge in [-0.3, -0.25) is 4.79 Å². The highest BCUT2D eigenvalue weighted by atomic mass is 16.4. The first-order valence-corrected chi connectivity index (χ1v) is 3.34. The lowest BCUT2D eigenvalue weighted by Crippen LogP contribution is -2.16. The van der Waals surface area contributed by atoms with Gasteiger partial charge in [-0.25, -0.2) is 0 Å². The molecule has 0 fully saturated rings. The molecule has 1 rings (SSSR count). The summed E-state index contributed by atoms with van der Waals surface area (Å²) in [7, 11) is 0. The SMILES string of the molecule is NC1C=CC(CC(=O)O)C1. The van der Waals surface area contributed by atoms with Crippen LogP contribution < -0.4 is 5.73 Å². The third kappa shape index (κ3) is 1.84. The first kappa shape index (κ1) is 7.28. The zero-order valence-corrected chi connectivity index (χ0v) is 5.66. The molecule has 0 heterocycles. The molecular weight excluding hydrogens is 130 g/mol. The molecule has 0 bridgehead atoms. The Hall–Kier alpha value is -0.830. The van der Waals surface area contributed by atoms with Crippen LogP contribution in [0.25, 0.3) is 0 Å². The molecule has 0 aliphatic heterocycles. The number of rotatable bonds is 2. The number of carboxylic acid groups (broad SMARTS) is 1. The van der Waals surface area contributed by atoms with Gasteiger partial charge in [0.25, 0.3) is 0 Å². The van der Waals surface area contributed by atoms with Crippen LogP contribution in [-0.2, 0) is 4.79 Å². The fourth-order valence-electron chi connectivity index (χ4n) is 1.18. The highest BCUT2D eigenvalue weighted by Crippen LogP contribution is 2.19. The van der Waals surface area contributed by atoms with E-state index in [2.05, 4.69) is 0 Å². The van der Waals surface area contributed by atoms with Gasteiger partial charge in [0.15, 0.2) is 0 Å². The Morgan fingerprint density at radius 1 is 1.70 bits per heavy atom. The molecule has 3 nitrogen and oxygen atoms in total. The minimum Gasteiger partial charge on any atom is -0.481 e. The van der Waals surface area contributed by atoms with Crippen molar-refractivity contribution in [1.29, 1.82) is 0 Å². The summed E-state index contributed by atoms with van der Waals surface area (Å²) in [5.74, 6) is -0.587. The van der Waals surface area contributed by atoms with E-state index < -0.39 is 5.97 Å². The van der Waals surface area contributed by atoms with Crippen molar-refractivity contribution in [2.24, 2.45) is 11.7 Å². The molecular formula is C7H11NO2. The van der Waals surface area contributed by atoms with Gasteiger partial charge in [-0.1, -0.05) is 12.2 Å². The number of allylic oxidation sites excluding steroid dienone is 1. The topological polar surface area (TPSA) is 63.3 Å². The average Bonchev–Trinajstić information content (AvgIpc) is 2.13. The minimum absolute atomic E-state index is 0.0735. The molecule has 0 aromatic heterocycles. The van der Waals surface area contributed by atoms with Gasteiger partial charge in [-0.05, 0) is 12.3 Å². The quantitative estimate of drug-likeness (QED) is 0.546. The van der Waals surface area contributed by atoms with Crippen LogP contribution in [-0.4, -0.2) is 17.1 Å². The summed E-state index contributed by atoms with van der Waals surface area (Å²) in [6, 6.07) is 0.0735. The largest absolute Gasteiger partial charge is 0.481 e. The molecule has 0 saturated carbocycles. The van der Waals surface area contributed by atoms with Crippen LogP contribution >= 0.6 is 0 Å². The van der Waals surface area contributed by atoms with Gasteiger partial charge in [0.2, 0.25) is 0 Å². The van der Waals surface area contributed by atoms with Crippen molar-refractivity contribution in [2.45, 2.75) is 18.9 Å². The van der Waals surface area contributed by atoms with Gasteiger partial charge >= 0.3 is 5.97 Å². The predicted molar refractivity (Wildman–Crippen MR) is 37.5 cm³/mol. The molecule has 0 radical (unpaired) electrons. The van der Waals surface area contributed by atoms with Crippen molar-refractivity contribution in [2.75, 3.05) is 0 Å². The zero-order chi connectivity index (χ0) is 7.56. The summed E-state index contributed by atoms with van der Waals surface area (Å²) < 4.78 is 0. The lowest BCUT2D eigenvalue weighted by atomic mass is 10.0. The van der Waals surface area contributed by atoms with E-state index in [-0.39, 0.29) is 18.4 Å². The first-order chi connectivity index (χ1) is 4.68. The van der Waals surface area contributed by atoms with Crippen molar-refractivity contribution in [3.8, 4) is 0 Å². The van der Waals surface area contributed by atoms with E-state index in [1.807, 2.05) is 12.2 Å². The molecule has 0 saturated heterocycles. The second-order valence-corrected chi connectivity index (χ2v) is 2.64. The second kappa shape index (κ2) is 2.84. The molecule has 2 unspecified atom stereocenters. The number of nitrogens with two attached hydrogens (primary N) is 1. The van der Waals surface area contributed by atoms with E-state index in [0.717, 1.165) is 6.42 Å². The fraction of sp³-hybridized carbons (Fsp3) is 0.571. The van der Waals surface area contributed by atoms with Crippen LogP contribution in [0.5, 0.6) is 0 Å². The van der Waals surface area contributed by atoms with Gasteiger partial charge in [0, 0.05) is 6.04 Å². The molecule has 0 aromatic carbocycles. The van der Waals surface area contributed by atoms with Gasteiger partial charge in [-0.15, -0.1) is 0 Å². The maximum absolute atomic E-state index is 10.2. The van der Waals surface area contributed by atoms with E-state index in [9.17, 15) is 4.79 Å². The summed E-state index contributed by atoms with van der Waals surface area (Å²) in [4.78, 5) is 10.2. The summed E-state index contributed by atoms with van der Waals surface area (Å²) in [5, 5.41) is 8.39. The maximum Gasteiger partial charge on any atom is 0.303 e. The fourth-order valence-corrected chi connectivity index (χ4v) is 1.18. The summed E-state index contributed by atoms with van der Waals surface area (Å²) in [6.07, 6.45) is 4.75. The number of carbonyl (C=O) groups is 1. The third-order valence-electron chi connectivity index (χ3n) is 1.64. The van der Waals surface area contributed by atoms with Crippen molar-refractivity contribution < 1.29 is 9.90 Å². The van der Waals surface area contributed by atoms with Gasteiger partial charge in [-0.2, -0.15) is 0 Å². The molecule has 0 spiro atoms. The van der Waals surface area contributed by atoms with Crippen LogP contribution in [0, 0.1) is 5.92 Å². The smallest absolute Gasteiger partial charge is 0.303 e. The lowest BCUT2D eigenvalue weighted by molar-refractivity contribution is -0.137. The number of hydrogen-bond acceptors (Lipinski definition) is 2. The first-order valence-electron chi connectivity index (χ1n) is 3.34. The van der Waals surface area contributed by atoms with Crippen molar-refractivity contribution >= 4 is 5.97 Å². The Kier molecular flexibility index (Phi) is 2.06. The summed E-state index contributed by atoms with van der Waals surface area (Å²) in [5.41, 5.74) is 5.52. The molecule has 0 aromatic rings. The molecule has 56 valence electrons. The Labute approximate surface area is 59.5 Å². The Balaban J connectivity index is 2.33. The van der Waals surface area contributed by atoms with Crippen LogP contribution in [0.15, 0.2) is 12.2 Å². The van der Waals surface area contributed by atoms with Crippen molar-refractivity contribution in [1.82, 2.24) is 0 Å². The number of carboxylic acids is 1. The average molecular weight is 141 g/mol. The molecule has 3 N–H and O–H groups in total. The molecule has 1 aliphatic rings. The summed E-state index contributed by atoms with van der Waals surface area (Å²) in [6.45, 7) is 0. The molecule has 0 amide bonds. The van der Waals surface area contributed by atoms with Crippen LogP contribution in [0.2, 0.25) is 0 Å². The van der Waals surface area contributed by atoms with E-state index in [0.29, 0.717) is 0 Å². The normalized spacial score (nSPS) is 30.9. The van der Waals surface area contributed by atoms with Crippen molar-refractivity contribution in [3.05, 3.63) is 12.2 Å². The zero-order valence-electron chi connectivity index (χ0n) is 5.66. The Morgan fingerprint density at radius 3 is 2.80 bits per heavy atom. The van der Waals surface area contributed by atoms with E-state index >= 15 is 0 Å². The summed E-state index contributed by atoms with van der Waals surface area (Å²) >= 11 is 0. The van der Waals surface area contributed by atoms with E-state index in [4.69, 9.17) is 10.8 Å². The van der Waals surface area contributed by atoms with Gasteiger partial charge in [0.1, 0.15) is 0 Å². The molecule has 1 aliphatic carbocycles. The van der Waals surface area contributed by atoms with Gasteiger partial charge in [0.05, 0.1) is 6.42 Å². The van der Waals surface area contributed by atoms with E-state index in [1.165, 1.54) is 0 Å². The van der Waals surface area contributed by atoms with Crippen molar-refractivity contribution in [3.63, 3.8) is 0 Å². The molecule has 3 heteroatoms. The Bertz CT molecular complexity index is 165. The molecule has 10 heavy (non-hydrogen) atoms. The van der Waals surface area contributed by atoms with E-state index in [1.54, 1.807) is 0 Å². The number of aliphatic carboxylic acids is 1. The highest BCUT2D eigenvalue weighted by molar-refractivity contribution is 5.67. The standard InChI is InChI=1S/C7H11NO2/c8-6-2-1-5(3-6)4-7(9)10/h1-2,5-6H,3-4,8H2,(H,9,10). The van der Waals surface area contributed by atoms with Crippen LogP contribution in [0.3, 0.4) is 0 Å². The number of hydrogen-bond donors (Lipinski definition) is 2. The third-order valence-corrected chi connectivity index (χ3v) is 1.64. The lowest BCUT2D eigenvalue weighted by Gasteiger charge is -2.03. The predicted octanol–water partition coefficient (Wildman–Crippen LogP) is 0.364. The Morgan fingerprint density at radius 2 is 2.40 bits per heavy atom. The maximum atomic E-state index is 10.2. The monoisotopic (exact) mass is 141 g/mol. The second-order valence-electron chi connectivity index (χ2n) is 2.64. The molecule has 2 atom stereocenters. The van der Waals surface area contributed by atoms with Crippen LogP contribution in [0.4, 0.5) is 0 Å². The van der Waals surface area contributed by atoms with Gasteiger partial charge < -0.3 is 10.8 Å². The van der Waals surface area contributed by atoms with Crippen LogP contribution in [0.1, 0.15) is 12.8 Å². The minimum atomic E-state index is -0.747. The highest BCUT2D eigenvalue weighted by Gasteiger charge is 2.17.